The SMILES string of the molecule is N=CC(Br)=C1NCCCN1. The zero-order chi connectivity index (χ0) is 7.40. The van der Waals surface area contributed by atoms with Crippen molar-refractivity contribution in [3.63, 3.8) is 0 Å². The molecule has 3 N–H and O–H groups in total. The first kappa shape index (κ1) is 7.60. The van der Waals surface area contributed by atoms with Crippen molar-refractivity contribution < 1.29 is 0 Å². The van der Waals surface area contributed by atoms with Crippen LogP contribution in [0, 0.1) is 5.41 Å². The maximum atomic E-state index is 6.94. The summed E-state index contributed by atoms with van der Waals surface area (Å²) in [7, 11) is 0. The summed E-state index contributed by atoms with van der Waals surface area (Å²) < 4.78 is 0.784. The van der Waals surface area contributed by atoms with Gasteiger partial charge in [0.15, 0.2) is 0 Å². The largest absolute Gasteiger partial charge is 0.371 e. The molecule has 1 aliphatic heterocycles. The van der Waals surface area contributed by atoms with Crippen molar-refractivity contribution in [3.8, 4) is 0 Å². The second-order valence-corrected chi connectivity index (χ2v) is 2.93. The van der Waals surface area contributed by atoms with Crippen LogP contribution in [0.5, 0.6) is 0 Å². The highest BCUT2D eigenvalue weighted by Crippen LogP contribution is 2.06. The van der Waals surface area contributed by atoms with E-state index in [1.54, 1.807) is 0 Å². The van der Waals surface area contributed by atoms with Gasteiger partial charge in [-0.1, -0.05) is 0 Å². The fourth-order valence-corrected chi connectivity index (χ4v) is 1.10. The van der Waals surface area contributed by atoms with Gasteiger partial charge in [-0.25, -0.2) is 0 Å². The van der Waals surface area contributed by atoms with E-state index in [1.165, 1.54) is 6.21 Å². The fraction of sp³-hybridized carbons (Fsp3) is 0.500. The molecule has 0 atom stereocenters. The zero-order valence-corrected chi connectivity index (χ0v) is 7.16. The van der Waals surface area contributed by atoms with E-state index in [4.69, 9.17) is 5.41 Å². The third-order valence-corrected chi connectivity index (χ3v) is 1.95. The highest BCUT2D eigenvalue weighted by atomic mass is 79.9. The Bertz CT molecular complexity index is 156. The lowest BCUT2D eigenvalue weighted by Gasteiger charge is -2.19. The summed E-state index contributed by atoms with van der Waals surface area (Å²) in [5.74, 6) is 0.932. The van der Waals surface area contributed by atoms with Crippen LogP contribution < -0.4 is 10.6 Å². The third-order valence-electron chi connectivity index (χ3n) is 1.32. The predicted molar refractivity (Wildman–Crippen MR) is 45.4 cm³/mol. The molecule has 0 spiro atoms. The van der Waals surface area contributed by atoms with Crippen LogP contribution >= 0.6 is 15.9 Å². The minimum atomic E-state index is 0.784. The molecule has 10 heavy (non-hydrogen) atoms. The van der Waals surface area contributed by atoms with Gasteiger partial charge in [0.2, 0.25) is 0 Å². The lowest BCUT2D eigenvalue weighted by molar-refractivity contribution is 0.573. The average Bonchev–Trinajstić information content (AvgIpc) is 2.05. The Kier molecular flexibility index (Phi) is 2.74. The van der Waals surface area contributed by atoms with E-state index >= 15 is 0 Å². The maximum Gasteiger partial charge on any atom is 0.115 e. The molecular weight excluding hydrogens is 194 g/mol. The van der Waals surface area contributed by atoms with Crippen LogP contribution in [0.1, 0.15) is 6.42 Å². The van der Waals surface area contributed by atoms with Crippen molar-refractivity contribution in [2.45, 2.75) is 6.42 Å². The zero-order valence-electron chi connectivity index (χ0n) is 5.58. The number of allylic oxidation sites excluding steroid dienone is 1. The van der Waals surface area contributed by atoms with Crippen LogP contribution in [0.2, 0.25) is 0 Å². The molecule has 0 aromatic rings. The van der Waals surface area contributed by atoms with Gasteiger partial charge >= 0.3 is 0 Å². The van der Waals surface area contributed by atoms with Gasteiger partial charge in [0, 0.05) is 19.3 Å². The summed E-state index contributed by atoms with van der Waals surface area (Å²) in [6.45, 7) is 1.98. The Morgan fingerprint density at radius 1 is 1.50 bits per heavy atom. The van der Waals surface area contributed by atoms with Crippen LogP contribution in [-0.4, -0.2) is 19.3 Å². The number of halogens is 1. The van der Waals surface area contributed by atoms with E-state index in [1.807, 2.05) is 0 Å². The van der Waals surface area contributed by atoms with Crippen molar-refractivity contribution in [1.82, 2.24) is 10.6 Å². The predicted octanol–water partition coefficient (Wildman–Crippen LogP) is 0.783. The summed E-state index contributed by atoms with van der Waals surface area (Å²) in [6.07, 6.45) is 2.42. The molecule has 1 aliphatic rings. The van der Waals surface area contributed by atoms with Crippen LogP contribution in [-0.2, 0) is 0 Å². The molecule has 1 rings (SSSR count). The Labute approximate surface area is 68.5 Å². The van der Waals surface area contributed by atoms with Crippen molar-refractivity contribution in [3.05, 3.63) is 10.3 Å². The van der Waals surface area contributed by atoms with E-state index in [0.717, 1.165) is 29.8 Å². The fourth-order valence-electron chi connectivity index (χ4n) is 0.819. The quantitative estimate of drug-likeness (QED) is 0.553. The number of hydrogen-bond acceptors (Lipinski definition) is 3. The minimum Gasteiger partial charge on any atom is -0.371 e. The molecule has 0 aromatic carbocycles. The molecule has 0 saturated carbocycles. The van der Waals surface area contributed by atoms with Gasteiger partial charge in [0.1, 0.15) is 5.82 Å². The molecule has 0 unspecified atom stereocenters. The summed E-state index contributed by atoms with van der Waals surface area (Å²) in [4.78, 5) is 0. The second-order valence-electron chi connectivity index (χ2n) is 2.07. The van der Waals surface area contributed by atoms with Gasteiger partial charge in [0.25, 0.3) is 0 Å². The van der Waals surface area contributed by atoms with E-state index in [0.29, 0.717) is 0 Å². The van der Waals surface area contributed by atoms with Crippen molar-refractivity contribution in [1.29, 1.82) is 5.41 Å². The summed E-state index contributed by atoms with van der Waals surface area (Å²) in [5.41, 5.74) is 0. The Balaban J connectivity index is 2.59. The maximum absolute atomic E-state index is 6.94. The lowest BCUT2D eigenvalue weighted by atomic mass is 10.3. The lowest BCUT2D eigenvalue weighted by Crippen LogP contribution is -2.35. The molecule has 0 bridgehead atoms. The van der Waals surface area contributed by atoms with Crippen LogP contribution in [0.4, 0.5) is 0 Å². The molecular formula is C6H10BrN3. The van der Waals surface area contributed by atoms with Crippen molar-refractivity contribution in [2.75, 3.05) is 13.1 Å². The first-order valence-electron chi connectivity index (χ1n) is 3.22. The highest BCUT2D eigenvalue weighted by molar-refractivity contribution is 9.12. The van der Waals surface area contributed by atoms with Gasteiger partial charge in [-0.05, 0) is 22.4 Å². The van der Waals surface area contributed by atoms with E-state index in [-0.39, 0.29) is 0 Å². The van der Waals surface area contributed by atoms with Gasteiger partial charge in [0.05, 0.1) is 4.48 Å². The average molecular weight is 204 g/mol. The molecule has 0 aliphatic carbocycles. The smallest absolute Gasteiger partial charge is 0.115 e. The van der Waals surface area contributed by atoms with Crippen molar-refractivity contribution >= 4 is 22.1 Å². The number of nitrogens with one attached hydrogen (secondary N) is 3. The minimum absolute atomic E-state index is 0.784. The van der Waals surface area contributed by atoms with Crippen LogP contribution in [0.3, 0.4) is 0 Å². The Hall–Kier alpha value is -0.510. The Morgan fingerprint density at radius 3 is 2.60 bits per heavy atom. The molecule has 4 heteroatoms. The number of rotatable bonds is 1. The normalized spacial score (nSPS) is 17.1. The summed E-state index contributed by atoms with van der Waals surface area (Å²) in [6, 6.07) is 0. The standard InChI is InChI=1S/C6H10BrN3/c7-5(4-8)6-9-2-1-3-10-6/h4,8-10H,1-3H2. The van der Waals surface area contributed by atoms with Crippen molar-refractivity contribution in [2.24, 2.45) is 0 Å². The van der Waals surface area contributed by atoms with Crippen LogP contribution in [0.15, 0.2) is 10.3 Å². The van der Waals surface area contributed by atoms with Gasteiger partial charge in [-0.3, -0.25) is 0 Å². The molecule has 0 aromatic heterocycles. The monoisotopic (exact) mass is 203 g/mol. The van der Waals surface area contributed by atoms with Gasteiger partial charge in [-0.15, -0.1) is 0 Å². The molecule has 1 heterocycles. The van der Waals surface area contributed by atoms with Crippen LogP contribution in [0.25, 0.3) is 0 Å². The molecule has 1 fully saturated rings. The third kappa shape index (κ3) is 1.73. The number of hydrogen-bond donors (Lipinski definition) is 3. The molecule has 0 amide bonds. The first-order chi connectivity index (χ1) is 4.84. The van der Waals surface area contributed by atoms with Gasteiger partial charge < -0.3 is 16.0 Å². The summed E-state index contributed by atoms with van der Waals surface area (Å²) in [5, 5.41) is 13.2. The molecule has 1 saturated heterocycles. The summed E-state index contributed by atoms with van der Waals surface area (Å²) >= 11 is 3.25. The first-order valence-corrected chi connectivity index (χ1v) is 4.02. The highest BCUT2D eigenvalue weighted by Gasteiger charge is 2.04. The molecule has 3 nitrogen and oxygen atoms in total. The van der Waals surface area contributed by atoms with Gasteiger partial charge in [-0.2, -0.15) is 0 Å². The Morgan fingerprint density at radius 2 is 2.10 bits per heavy atom. The van der Waals surface area contributed by atoms with E-state index in [9.17, 15) is 0 Å². The second kappa shape index (κ2) is 3.61. The topological polar surface area (TPSA) is 47.9 Å². The molecule has 56 valence electrons. The van der Waals surface area contributed by atoms with E-state index in [2.05, 4.69) is 26.6 Å². The molecule has 0 radical (unpaired) electrons. The van der Waals surface area contributed by atoms with E-state index < -0.39 is 0 Å².